The minimum atomic E-state index is -2.87. The van der Waals surface area contributed by atoms with Crippen LogP contribution < -0.4 is 10.2 Å². The van der Waals surface area contributed by atoms with E-state index >= 15 is 0 Å². The number of benzene rings is 2. The average molecular weight is 439 g/mol. The Hall–Kier alpha value is -3.31. The van der Waals surface area contributed by atoms with Gasteiger partial charge in [0.1, 0.15) is 5.82 Å². The van der Waals surface area contributed by atoms with Crippen molar-refractivity contribution in [1.82, 2.24) is 15.1 Å². The van der Waals surface area contributed by atoms with Gasteiger partial charge in [0.05, 0.1) is 16.9 Å². The fourth-order valence-electron chi connectivity index (χ4n) is 3.96. The van der Waals surface area contributed by atoms with Gasteiger partial charge in [-0.2, -0.15) is 5.10 Å². The van der Waals surface area contributed by atoms with Gasteiger partial charge >= 0.3 is 0 Å². The van der Waals surface area contributed by atoms with Crippen molar-refractivity contribution in [3.8, 4) is 12.3 Å². The van der Waals surface area contributed by atoms with Gasteiger partial charge in [-0.3, -0.25) is 0 Å². The Morgan fingerprint density at radius 2 is 1.88 bits per heavy atom. The van der Waals surface area contributed by atoms with Gasteiger partial charge in [0.15, 0.2) is 5.82 Å². The lowest BCUT2D eigenvalue weighted by atomic mass is 10.0. The predicted octanol–water partition coefficient (Wildman–Crippen LogP) is 4.36. The van der Waals surface area contributed by atoms with E-state index in [4.69, 9.17) is 6.42 Å². The molecule has 4 rings (SSSR count). The maximum Gasteiger partial charge on any atom is 0.266 e. The molecule has 1 fully saturated rings. The van der Waals surface area contributed by atoms with E-state index in [1.807, 2.05) is 19.1 Å². The quantitative estimate of drug-likeness (QED) is 0.599. The second-order valence-corrected chi connectivity index (χ2v) is 7.96. The summed E-state index contributed by atoms with van der Waals surface area (Å²) < 4.78 is 40.5. The lowest BCUT2D eigenvalue weighted by Gasteiger charge is -2.35. The minimum Gasteiger partial charge on any atom is -0.368 e. The number of alkyl halides is 2. The van der Waals surface area contributed by atoms with Crippen LogP contribution in [0.4, 0.5) is 24.7 Å². The standard InChI is InChI=1S/C24H24F3N5/c1-4-16-12-19-15(2)29-30-24(20(19)13-21(16)32-10-8-31(3)9-11-32)28-14-17-6-5-7-18(22(17)25)23(26)27/h1,5-7,12-13,23H,8-11,14H2,2-3H3,(H,28,30). The van der Waals surface area contributed by atoms with Crippen molar-refractivity contribution >= 4 is 22.3 Å². The summed E-state index contributed by atoms with van der Waals surface area (Å²) in [5.41, 5.74) is 1.96. The molecule has 0 radical (unpaired) electrons. The van der Waals surface area contributed by atoms with Gasteiger partial charge in [0.25, 0.3) is 6.43 Å². The molecule has 166 valence electrons. The first-order valence-electron chi connectivity index (χ1n) is 10.4. The van der Waals surface area contributed by atoms with Crippen molar-refractivity contribution in [2.75, 3.05) is 43.4 Å². The fourth-order valence-corrected chi connectivity index (χ4v) is 3.96. The number of rotatable bonds is 5. The molecule has 2 heterocycles. The maximum atomic E-state index is 14.5. The van der Waals surface area contributed by atoms with Crippen molar-refractivity contribution in [1.29, 1.82) is 0 Å². The molecular weight excluding hydrogens is 415 g/mol. The third-order valence-corrected chi connectivity index (χ3v) is 5.87. The highest BCUT2D eigenvalue weighted by Gasteiger charge is 2.20. The number of halogens is 3. The molecule has 1 N–H and O–H groups in total. The number of hydrogen-bond acceptors (Lipinski definition) is 5. The fraction of sp³-hybridized carbons (Fsp3) is 0.333. The highest BCUT2D eigenvalue weighted by molar-refractivity contribution is 5.97. The van der Waals surface area contributed by atoms with E-state index in [0.717, 1.165) is 60.0 Å². The maximum absolute atomic E-state index is 14.5. The van der Waals surface area contributed by atoms with Gasteiger partial charge in [0.2, 0.25) is 0 Å². The number of aromatic nitrogens is 2. The highest BCUT2D eigenvalue weighted by Crippen LogP contribution is 2.32. The summed E-state index contributed by atoms with van der Waals surface area (Å²) in [6.45, 7) is 5.41. The van der Waals surface area contributed by atoms with Crippen LogP contribution in [0.5, 0.6) is 0 Å². The van der Waals surface area contributed by atoms with E-state index in [1.165, 1.54) is 12.1 Å². The first-order valence-corrected chi connectivity index (χ1v) is 10.4. The first kappa shape index (κ1) is 21.9. The highest BCUT2D eigenvalue weighted by atomic mass is 19.3. The van der Waals surface area contributed by atoms with Crippen LogP contribution in [0.3, 0.4) is 0 Å². The Balaban J connectivity index is 1.71. The van der Waals surface area contributed by atoms with E-state index in [-0.39, 0.29) is 12.1 Å². The number of nitrogens with zero attached hydrogens (tertiary/aromatic N) is 4. The Morgan fingerprint density at radius 3 is 2.56 bits per heavy atom. The third-order valence-electron chi connectivity index (χ3n) is 5.87. The SMILES string of the molecule is C#Cc1cc2c(C)nnc(NCc3cccc(C(F)F)c3F)c2cc1N1CCN(C)CC1. The topological polar surface area (TPSA) is 44.3 Å². The van der Waals surface area contributed by atoms with Gasteiger partial charge in [-0.1, -0.05) is 24.1 Å². The summed E-state index contributed by atoms with van der Waals surface area (Å²) in [6.07, 6.45) is 2.94. The molecule has 32 heavy (non-hydrogen) atoms. The van der Waals surface area contributed by atoms with Crippen LogP contribution in [0, 0.1) is 25.1 Å². The summed E-state index contributed by atoms with van der Waals surface area (Å²) in [5.74, 6) is 2.32. The summed E-state index contributed by atoms with van der Waals surface area (Å²) in [7, 11) is 2.09. The number of likely N-dealkylation sites (N-methyl/N-ethyl adjacent to an activating group) is 1. The Morgan fingerprint density at radius 1 is 1.12 bits per heavy atom. The van der Waals surface area contributed by atoms with Crippen molar-refractivity contribution in [2.24, 2.45) is 0 Å². The normalized spacial score (nSPS) is 14.7. The molecule has 8 heteroatoms. The minimum absolute atomic E-state index is 0.0000328. The summed E-state index contributed by atoms with van der Waals surface area (Å²) >= 11 is 0. The predicted molar refractivity (Wildman–Crippen MR) is 121 cm³/mol. The second-order valence-electron chi connectivity index (χ2n) is 7.96. The summed E-state index contributed by atoms with van der Waals surface area (Å²) in [5, 5.41) is 13.2. The monoisotopic (exact) mass is 439 g/mol. The zero-order chi connectivity index (χ0) is 22.8. The number of nitrogens with one attached hydrogen (secondary N) is 1. The lowest BCUT2D eigenvalue weighted by Crippen LogP contribution is -2.44. The van der Waals surface area contributed by atoms with Gasteiger partial charge in [0, 0.05) is 54.6 Å². The molecule has 0 atom stereocenters. The van der Waals surface area contributed by atoms with Gasteiger partial charge in [-0.15, -0.1) is 11.5 Å². The van der Waals surface area contributed by atoms with E-state index in [2.05, 4.69) is 38.3 Å². The molecule has 0 bridgehead atoms. The zero-order valence-corrected chi connectivity index (χ0v) is 18.0. The summed E-state index contributed by atoms with van der Waals surface area (Å²) in [4.78, 5) is 4.51. The van der Waals surface area contributed by atoms with Crippen LogP contribution in [0.1, 0.15) is 28.8 Å². The van der Waals surface area contributed by atoms with E-state index in [1.54, 1.807) is 0 Å². The molecule has 0 spiro atoms. The molecule has 1 aliphatic rings. The number of aryl methyl sites for hydroxylation is 1. The molecule has 3 aromatic rings. The van der Waals surface area contributed by atoms with Crippen LogP contribution in [-0.4, -0.2) is 48.3 Å². The van der Waals surface area contributed by atoms with E-state index in [0.29, 0.717) is 5.82 Å². The van der Waals surface area contributed by atoms with Crippen molar-refractivity contribution < 1.29 is 13.2 Å². The molecule has 0 aliphatic carbocycles. The number of fused-ring (bicyclic) bond motifs is 1. The zero-order valence-electron chi connectivity index (χ0n) is 18.0. The van der Waals surface area contributed by atoms with Crippen molar-refractivity contribution in [3.05, 3.63) is 58.5 Å². The molecular formula is C24H24F3N5. The number of hydrogen-bond donors (Lipinski definition) is 1. The first-order chi connectivity index (χ1) is 15.4. The van der Waals surface area contributed by atoms with Crippen LogP contribution in [0.15, 0.2) is 30.3 Å². The Kier molecular flexibility index (Phi) is 6.19. The molecule has 2 aromatic carbocycles. The van der Waals surface area contributed by atoms with Crippen molar-refractivity contribution in [3.63, 3.8) is 0 Å². The molecule has 0 unspecified atom stereocenters. The number of anilines is 2. The average Bonchev–Trinajstić information content (AvgIpc) is 2.79. The summed E-state index contributed by atoms with van der Waals surface area (Å²) in [6, 6.07) is 7.91. The van der Waals surface area contributed by atoms with E-state index in [9.17, 15) is 13.2 Å². The van der Waals surface area contributed by atoms with Crippen LogP contribution in [0.25, 0.3) is 10.8 Å². The van der Waals surface area contributed by atoms with E-state index < -0.39 is 17.8 Å². The number of piperazine rings is 1. The van der Waals surface area contributed by atoms with Crippen molar-refractivity contribution in [2.45, 2.75) is 19.9 Å². The Labute approximate surface area is 185 Å². The molecule has 0 amide bonds. The Bertz CT molecular complexity index is 1180. The molecule has 1 aliphatic heterocycles. The van der Waals surface area contributed by atoms with Crippen LogP contribution >= 0.6 is 0 Å². The second kappa shape index (κ2) is 9.05. The lowest BCUT2D eigenvalue weighted by molar-refractivity contribution is 0.146. The third kappa shape index (κ3) is 4.21. The van der Waals surface area contributed by atoms with Crippen LogP contribution in [0.2, 0.25) is 0 Å². The molecule has 1 aromatic heterocycles. The molecule has 0 saturated carbocycles. The largest absolute Gasteiger partial charge is 0.368 e. The smallest absolute Gasteiger partial charge is 0.266 e. The molecule has 5 nitrogen and oxygen atoms in total. The van der Waals surface area contributed by atoms with Gasteiger partial charge < -0.3 is 15.1 Å². The van der Waals surface area contributed by atoms with Crippen LogP contribution in [-0.2, 0) is 6.54 Å². The molecule has 1 saturated heterocycles. The van der Waals surface area contributed by atoms with Gasteiger partial charge in [-0.25, -0.2) is 13.2 Å². The van der Waals surface area contributed by atoms with Gasteiger partial charge in [-0.05, 0) is 26.1 Å². The number of terminal acetylenes is 1.